The van der Waals surface area contributed by atoms with Crippen LogP contribution in [0.5, 0.6) is 0 Å². The van der Waals surface area contributed by atoms with Gasteiger partial charge in [-0.05, 0) is 38.1 Å². The molecule has 13 heteroatoms. The Hall–Kier alpha value is -2.39. The zero-order valence-corrected chi connectivity index (χ0v) is 21.7. The van der Waals surface area contributed by atoms with Crippen molar-refractivity contribution in [3.63, 3.8) is 0 Å². The van der Waals surface area contributed by atoms with E-state index in [4.69, 9.17) is 63.5 Å². The Balaban J connectivity index is 0.000000473. The van der Waals surface area contributed by atoms with Gasteiger partial charge in [-0.3, -0.25) is 0 Å². The van der Waals surface area contributed by atoms with Gasteiger partial charge in [-0.15, -0.1) is 0 Å². The minimum absolute atomic E-state index is 0.250. The summed E-state index contributed by atoms with van der Waals surface area (Å²) in [5.41, 5.74) is 1.80. The minimum Gasteiger partial charge on any atom is -0.379 e. The number of aryl methyl sites for hydroxylation is 2. The Morgan fingerprint density at radius 1 is 0.771 bits per heavy atom. The van der Waals surface area contributed by atoms with Crippen LogP contribution in [0.15, 0.2) is 24.3 Å². The molecule has 0 unspecified atom stereocenters. The molecule has 2 aliphatic rings. The Labute approximate surface area is 218 Å². The van der Waals surface area contributed by atoms with Crippen molar-refractivity contribution in [2.75, 3.05) is 57.5 Å². The van der Waals surface area contributed by atoms with E-state index < -0.39 is 0 Å². The Kier molecular flexibility index (Phi) is 19.5. The first-order valence-corrected chi connectivity index (χ1v) is 11.4. The first kappa shape index (κ1) is 32.6. The Morgan fingerprint density at radius 3 is 1.60 bits per heavy atom. The van der Waals surface area contributed by atoms with Gasteiger partial charge >= 0.3 is 12.3 Å². The van der Waals surface area contributed by atoms with Gasteiger partial charge in [0.15, 0.2) is 0 Å². The van der Waals surface area contributed by atoms with Crippen LogP contribution in [0.2, 0.25) is 15.2 Å². The Morgan fingerprint density at radius 2 is 1.23 bits per heavy atom. The molecule has 35 heavy (non-hydrogen) atoms. The van der Waals surface area contributed by atoms with Crippen molar-refractivity contribution in [2.24, 2.45) is 0 Å². The van der Waals surface area contributed by atoms with Crippen LogP contribution in [-0.2, 0) is 28.7 Å². The number of aromatic nitrogens is 2. The van der Waals surface area contributed by atoms with Gasteiger partial charge in [-0.25, -0.2) is 9.97 Å². The van der Waals surface area contributed by atoms with Crippen LogP contribution in [0.1, 0.15) is 11.4 Å². The van der Waals surface area contributed by atoms with E-state index in [0.29, 0.717) is 10.2 Å². The molecule has 1 N–H and O–H groups in total. The van der Waals surface area contributed by atoms with E-state index in [9.17, 15) is 0 Å². The molecule has 2 aromatic rings. The van der Waals surface area contributed by atoms with Gasteiger partial charge in [0, 0.05) is 47.6 Å². The predicted molar refractivity (Wildman–Crippen MR) is 130 cm³/mol. The highest BCUT2D eigenvalue weighted by molar-refractivity contribution is 6.33. The standard InChI is InChI=1S/C10H13ClN2O.C6H5Cl2N.C4H9NO.2CO2/c1-8-6-9(11)7-10(12-8)13-2-4-14-5-3-13;1-4-2-5(7)3-6(8)9-4;1-3-6-4-2-5-1;2*2-1-3/h6-7H,2-5H2,1H3;2-3H,1H3;5H,1-4H2;;. The lowest BCUT2D eigenvalue weighted by Crippen LogP contribution is -2.36. The lowest BCUT2D eigenvalue weighted by Gasteiger charge is -2.28. The number of carbonyl (C=O) groups excluding carboxylic acids is 4. The topological polar surface area (TPSA) is 128 Å². The molecular formula is C22H27Cl3N4O6. The molecule has 0 bridgehead atoms. The quantitative estimate of drug-likeness (QED) is 0.530. The highest BCUT2D eigenvalue weighted by atomic mass is 35.5. The average Bonchev–Trinajstić information content (AvgIpc) is 2.81. The first-order valence-electron chi connectivity index (χ1n) is 10.3. The summed E-state index contributed by atoms with van der Waals surface area (Å²) in [6.45, 7) is 11.0. The smallest absolute Gasteiger partial charge is 0.373 e. The molecule has 0 amide bonds. The molecule has 0 aliphatic carbocycles. The van der Waals surface area contributed by atoms with Gasteiger partial charge in [-0.1, -0.05) is 34.8 Å². The first-order chi connectivity index (χ1) is 16.8. The molecular weight excluding hydrogens is 523 g/mol. The van der Waals surface area contributed by atoms with E-state index in [2.05, 4.69) is 20.2 Å². The van der Waals surface area contributed by atoms with Crippen LogP contribution in [0, 0.1) is 13.8 Å². The molecule has 192 valence electrons. The molecule has 0 radical (unpaired) electrons. The van der Waals surface area contributed by atoms with Crippen LogP contribution < -0.4 is 10.2 Å². The van der Waals surface area contributed by atoms with Crippen molar-refractivity contribution in [1.82, 2.24) is 15.3 Å². The summed E-state index contributed by atoms with van der Waals surface area (Å²) in [7, 11) is 0. The molecule has 0 spiro atoms. The SMILES string of the molecule is C1COCCN1.Cc1cc(Cl)cc(Cl)n1.Cc1cc(Cl)cc(N2CCOCC2)n1.O=C=O.O=C=O. The minimum atomic E-state index is 0.250. The summed E-state index contributed by atoms with van der Waals surface area (Å²) in [4.78, 5) is 43.1. The van der Waals surface area contributed by atoms with Gasteiger partial charge in [0.25, 0.3) is 0 Å². The average molecular weight is 550 g/mol. The summed E-state index contributed by atoms with van der Waals surface area (Å²) in [6, 6.07) is 7.13. The van der Waals surface area contributed by atoms with E-state index in [1.54, 1.807) is 12.1 Å². The molecule has 2 fully saturated rings. The molecule has 4 rings (SSSR count). The third-order valence-corrected chi connectivity index (χ3v) is 4.60. The maximum Gasteiger partial charge on any atom is 0.373 e. The van der Waals surface area contributed by atoms with Crippen LogP contribution in [0.4, 0.5) is 5.82 Å². The molecule has 0 atom stereocenters. The summed E-state index contributed by atoms with van der Waals surface area (Å²) >= 11 is 17.2. The van der Waals surface area contributed by atoms with Gasteiger partial charge < -0.3 is 19.7 Å². The Bertz CT molecular complexity index is 835. The van der Waals surface area contributed by atoms with E-state index in [-0.39, 0.29) is 12.3 Å². The van der Waals surface area contributed by atoms with E-state index in [1.807, 2.05) is 26.0 Å². The van der Waals surface area contributed by atoms with Gasteiger partial charge in [0.05, 0.1) is 26.4 Å². The number of hydrogen-bond acceptors (Lipinski definition) is 10. The highest BCUT2D eigenvalue weighted by Crippen LogP contribution is 2.19. The lowest BCUT2D eigenvalue weighted by atomic mass is 10.3. The molecule has 4 heterocycles. The number of ether oxygens (including phenoxy) is 2. The van der Waals surface area contributed by atoms with Crippen molar-refractivity contribution in [3.05, 3.63) is 50.9 Å². The van der Waals surface area contributed by atoms with E-state index in [1.165, 1.54) is 0 Å². The summed E-state index contributed by atoms with van der Waals surface area (Å²) in [6.07, 6.45) is 0.500. The summed E-state index contributed by atoms with van der Waals surface area (Å²) in [5.74, 6) is 0.957. The summed E-state index contributed by atoms with van der Waals surface area (Å²) < 4.78 is 10.3. The molecule has 0 aromatic carbocycles. The van der Waals surface area contributed by atoms with Crippen LogP contribution in [-0.4, -0.2) is 74.9 Å². The fourth-order valence-corrected chi connectivity index (χ4v) is 3.49. The fourth-order valence-electron chi connectivity index (χ4n) is 2.67. The third-order valence-electron chi connectivity index (χ3n) is 3.97. The van der Waals surface area contributed by atoms with Crippen molar-refractivity contribution < 1.29 is 28.7 Å². The predicted octanol–water partition coefficient (Wildman–Crippen LogP) is 3.02. The number of nitrogens with zero attached hydrogens (tertiary/aromatic N) is 3. The maximum absolute atomic E-state index is 8.12. The highest BCUT2D eigenvalue weighted by Gasteiger charge is 2.12. The second-order valence-electron chi connectivity index (χ2n) is 6.66. The normalized spacial score (nSPS) is 13.9. The van der Waals surface area contributed by atoms with Crippen molar-refractivity contribution in [2.45, 2.75) is 13.8 Å². The second-order valence-corrected chi connectivity index (χ2v) is 7.92. The van der Waals surface area contributed by atoms with Crippen LogP contribution in [0.25, 0.3) is 0 Å². The number of halogens is 3. The fraction of sp³-hybridized carbons (Fsp3) is 0.455. The van der Waals surface area contributed by atoms with Gasteiger partial charge in [0.1, 0.15) is 11.0 Å². The zero-order chi connectivity index (χ0) is 26.5. The van der Waals surface area contributed by atoms with Crippen molar-refractivity contribution in [1.29, 1.82) is 0 Å². The maximum atomic E-state index is 8.12. The number of pyridine rings is 2. The second kappa shape index (κ2) is 20.9. The molecule has 0 saturated carbocycles. The molecule has 2 saturated heterocycles. The van der Waals surface area contributed by atoms with Crippen molar-refractivity contribution in [3.8, 4) is 0 Å². The molecule has 2 aromatic heterocycles. The monoisotopic (exact) mass is 548 g/mol. The molecule has 2 aliphatic heterocycles. The van der Waals surface area contributed by atoms with E-state index in [0.717, 1.165) is 74.8 Å². The largest absolute Gasteiger partial charge is 0.379 e. The van der Waals surface area contributed by atoms with Gasteiger partial charge in [-0.2, -0.15) is 19.2 Å². The number of rotatable bonds is 1. The molecule has 10 nitrogen and oxygen atoms in total. The number of morpholine rings is 2. The third kappa shape index (κ3) is 17.7. The number of nitrogens with one attached hydrogen (secondary N) is 1. The number of anilines is 1. The van der Waals surface area contributed by atoms with E-state index >= 15 is 0 Å². The van der Waals surface area contributed by atoms with Crippen molar-refractivity contribution >= 4 is 52.9 Å². The van der Waals surface area contributed by atoms with Gasteiger partial charge in [0.2, 0.25) is 0 Å². The van der Waals surface area contributed by atoms with Crippen LogP contribution >= 0.6 is 34.8 Å². The summed E-state index contributed by atoms with van der Waals surface area (Å²) in [5, 5.41) is 4.99. The zero-order valence-electron chi connectivity index (χ0n) is 19.4. The number of hydrogen-bond donors (Lipinski definition) is 1. The lowest BCUT2D eigenvalue weighted by molar-refractivity contribution is -0.193. The van der Waals surface area contributed by atoms with Crippen LogP contribution in [0.3, 0.4) is 0 Å².